The van der Waals surface area contributed by atoms with Crippen LogP contribution in [0.4, 0.5) is 10.5 Å². The smallest absolute Gasteiger partial charge is 0.408 e. The number of carbonyl (C=O) groups is 3. The maximum atomic E-state index is 14.0. The van der Waals surface area contributed by atoms with Crippen molar-refractivity contribution >= 4 is 23.6 Å². The van der Waals surface area contributed by atoms with Gasteiger partial charge in [-0.05, 0) is 81.1 Å². The normalized spacial score (nSPS) is 13.3. The molecule has 0 aliphatic rings. The molecule has 0 saturated carbocycles. The van der Waals surface area contributed by atoms with Crippen molar-refractivity contribution in [2.24, 2.45) is 5.92 Å². The minimum atomic E-state index is -1.24. The molecule has 2 aromatic carbocycles. The Morgan fingerprint density at radius 1 is 1.13 bits per heavy atom. The van der Waals surface area contributed by atoms with E-state index in [1.165, 1.54) is 19.2 Å². The van der Waals surface area contributed by atoms with Gasteiger partial charge < -0.3 is 30.1 Å². The van der Waals surface area contributed by atoms with Crippen LogP contribution < -0.4 is 15.4 Å². The number of carbonyl (C=O) groups excluding carboxylic acids is 3. The summed E-state index contributed by atoms with van der Waals surface area (Å²) in [6, 6.07) is 10.9. The van der Waals surface area contributed by atoms with E-state index in [-0.39, 0.29) is 11.7 Å². The highest BCUT2D eigenvalue weighted by Gasteiger charge is 2.38. The molecule has 210 valence electrons. The molecule has 2 aromatic rings. The fraction of sp³-hybridized carbons (Fsp3) is 0.448. The Kier molecular flexibility index (Phi) is 10.7. The minimum absolute atomic E-state index is 0.0234. The van der Waals surface area contributed by atoms with Crippen molar-refractivity contribution in [3.8, 4) is 17.6 Å². The molecule has 0 aromatic heterocycles. The molecule has 3 amide bonds. The second kappa shape index (κ2) is 13.5. The van der Waals surface area contributed by atoms with E-state index in [4.69, 9.17) is 9.47 Å². The Morgan fingerprint density at radius 3 is 2.28 bits per heavy atom. The molecule has 10 nitrogen and oxygen atoms in total. The highest BCUT2D eigenvalue weighted by atomic mass is 16.6. The van der Waals surface area contributed by atoms with Crippen LogP contribution in [0.15, 0.2) is 42.5 Å². The second-order valence-corrected chi connectivity index (χ2v) is 10.3. The summed E-state index contributed by atoms with van der Waals surface area (Å²) in [4.78, 5) is 41.5. The number of alkyl carbamates (subject to hydrolysis) is 1. The number of ether oxygens (including phenoxy) is 2. The van der Waals surface area contributed by atoms with Crippen LogP contribution in [-0.2, 0) is 14.3 Å². The fourth-order valence-corrected chi connectivity index (χ4v) is 3.88. The van der Waals surface area contributed by atoms with Crippen LogP contribution in [0, 0.1) is 24.2 Å². The predicted molar refractivity (Wildman–Crippen MR) is 147 cm³/mol. The molecule has 0 spiro atoms. The lowest BCUT2D eigenvalue weighted by Gasteiger charge is -2.34. The Hall–Kier alpha value is -4.26. The number of benzene rings is 2. The molecule has 0 bridgehead atoms. The van der Waals surface area contributed by atoms with Crippen LogP contribution in [0.2, 0.25) is 0 Å². The molecule has 0 fully saturated rings. The summed E-state index contributed by atoms with van der Waals surface area (Å²) >= 11 is 0. The summed E-state index contributed by atoms with van der Waals surface area (Å²) in [7, 11) is 1.53. The van der Waals surface area contributed by atoms with Gasteiger partial charge in [-0.25, -0.2) is 4.79 Å². The second-order valence-electron chi connectivity index (χ2n) is 10.3. The number of methoxy groups -OCH3 is 1. The summed E-state index contributed by atoms with van der Waals surface area (Å²) in [6.45, 7) is 10.0. The molecule has 3 N–H and O–H groups in total. The first-order valence-electron chi connectivity index (χ1n) is 12.7. The zero-order valence-electron chi connectivity index (χ0n) is 23.6. The molecule has 0 aliphatic carbocycles. The summed E-state index contributed by atoms with van der Waals surface area (Å²) in [5.74, 6) is -0.899. The molecule has 10 heteroatoms. The van der Waals surface area contributed by atoms with Crippen molar-refractivity contribution in [2.75, 3.05) is 19.0 Å². The van der Waals surface area contributed by atoms with E-state index in [0.717, 1.165) is 4.90 Å². The number of phenolic OH excluding ortho intramolecular Hbond substituents is 1. The first-order valence-corrected chi connectivity index (χ1v) is 12.7. The van der Waals surface area contributed by atoms with Crippen LogP contribution in [0.3, 0.4) is 0 Å². The van der Waals surface area contributed by atoms with Gasteiger partial charge >= 0.3 is 6.09 Å². The van der Waals surface area contributed by atoms with Crippen molar-refractivity contribution in [3.05, 3.63) is 53.6 Å². The third kappa shape index (κ3) is 8.64. The molecule has 2 rings (SSSR count). The zero-order valence-corrected chi connectivity index (χ0v) is 23.6. The summed E-state index contributed by atoms with van der Waals surface area (Å²) in [5.41, 5.74) is 0.546. The molecule has 3 unspecified atom stereocenters. The van der Waals surface area contributed by atoms with Gasteiger partial charge in [0.2, 0.25) is 5.91 Å². The minimum Gasteiger partial charge on any atom is -0.508 e. The van der Waals surface area contributed by atoms with Gasteiger partial charge in [-0.3, -0.25) is 9.59 Å². The lowest BCUT2D eigenvalue weighted by molar-refractivity contribution is -0.141. The topological polar surface area (TPSA) is 141 Å². The lowest BCUT2D eigenvalue weighted by atomic mass is 9.95. The lowest BCUT2D eigenvalue weighted by Crippen LogP contribution is -2.54. The highest BCUT2D eigenvalue weighted by Crippen LogP contribution is 2.29. The van der Waals surface area contributed by atoms with Crippen molar-refractivity contribution in [2.45, 2.75) is 65.6 Å². The first kappa shape index (κ1) is 31.0. The Bertz CT molecular complexity index is 1200. The van der Waals surface area contributed by atoms with Gasteiger partial charge in [0.25, 0.3) is 5.91 Å². The van der Waals surface area contributed by atoms with E-state index < -0.39 is 42.1 Å². The largest absolute Gasteiger partial charge is 0.508 e. The van der Waals surface area contributed by atoms with E-state index in [2.05, 4.69) is 10.6 Å². The third-order valence-corrected chi connectivity index (χ3v) is 6.13. The molecule has 0 radical (unpaired) electrons. The van der Waals surface area contributed by atoms with Gasteiger partial charge in [0.05, 0.1) is 13.2 Å². The summed E-state index contributed by atoms with van der Waals surface area (Å²) < 4.78 is 10.5. The number of aromatic hydroxyl groups is 1. The van der Waals surface area contributed by atoms with Crippen LogP contribution in [0.25, 0.3) is 0 Å². The van der Waals surface area contributed by atoms with Gasteiger partial charge in [0.15, 0.2) is 0 Å². The Morgan fingerprint density at radius 2 is 1.77 bits per heavy atom. The van der Waals surface area contributed by atoms with Gasteiger partial charge in [0.1, 0.15) is 35.7 Å². The van der Waals surface area contributed by atoms with E-state index in [0.29, 0.717) is 29.0 Å². The van der Waals surface area contributed by atoms with Crippen LogP contribution in [0.1, 0.15) is 58.2 Å². The van der Waals surface area contributed by atoms with Crippen molar-refractivity contribution < 1.29 is 29.0 Å². The molecule has 0 saturated heterocycles. The number of nitriles is 1. The predicted octanol–water partition coefficient (Wildman–Crippen LogP) is 4.68. The molecule has 39 heavy (non-hydrogen) atoms. The summed E-state index contributed by atoms with van der Waals surface area (Å²) in [6.07, 6.45) is -0.244. The van der Waals surface area contributed by atoms with E-state index >= 15 is 0 Å². The number of rotatable bonds is 10. The number of phenols is 1. The maximum absolute atomic E-state index is 14.0. The van der Waals surface area contributed by atoms with Gasteiger partial charge in [0, 0.05) is 5.69 Å². The number of aryl methyl sites for hydroxylation is 1. The van der Waals surface area contributed by atoms with Gasteiger partial charge in [-0.15, -0.1) is 0 Å². The first-order chi connectivity index (χ1) is 18.3. The highest BCUT2D eigenvalue weighted by molar-refractivity contribution is 5.99. The molecular weight excluding hydrogens is 500 g/mol. The van der Waals surface area contributed by atoms with Crippen LogP contribution in [-0.4, -0.2) is 53.2 Å². The monoisotopic (exact) mass is 538 g/mol. The van der Waals surface area contributed by atoms with E-state index in [1.807, 2.05) is 13.0 Å². The number of amides is 3. The van der Waals surface area contributed by atoms with E-state index in [9.17, 15) is 24.8 Å². The third-order valence-electron chi connectivity index (χ3n) is 6.13. The average molecular weight is 539 g/mol. The summed E-state index contributed by atoms with van der Waals surface area (Å²) in [5, 5.41) is 25.2. The van der Waals surface area contributed by atoms with Gasteiger partial charge in [-0.1, -0.05) is 26.3 Å². The number of nitrogens with one attached hydrogen (secondary N) is 2. The zero-order chi connectivity index (χ0) is 29.3. The van der Waals surface area contributed by atoms with Crippen molar-refractivity contribution in [3.63, 3.8) is 0 Å². The maximum Gasteiger partial charge on any atom is 0.408 e. The molecule has 0 aliphatic heterocycles. The standard InChI is InChI=1S/C29H38N4O6/c1-8-18(2)24(32-28(37)39-29(4,5)6)27(36)33(16-15-30)25(20-9-14-23(34)19(3)17-20)26(35)31-21-10-12-22(38-7)13-11-21/h9-14,17-18,24-25,34H,8,16H2,1-7H3,(H,31,35)(H,32,37). The van der Waals surface area contributed by atoms with Crippen LogP contribution in [0.5, 0.6) is 11.5 Å². The van der Waals surface area contributed by atoms with Crippen molar-refractivity contribution in [1.29, 1.82) is 5.26 Å². The van der Waals surface area contributed by atoms with Crippen LogP contribution >= 0.6 is 0 Å². The quantitative estimate of drug-likeness (QED) is 0.373. The average Bonchev–Trinajstić information content (AvgIpc) is 2.87. The number of hydrogen-bond acceptors (Lipinski definition) is 7. The number of nitrogens with zero attached hydrogens (tertiary/aromatic N) is 2. The fourth-order valence-electron chi connectivity index (χ4n) is 3.88. The number of hydrogen-bond donors (Lipinski definition) is 3. The number of anilines is 1. The molecule has 3 atom stereocenters. The molecular formula is C29H38N4O6. The van der Waals surface area contributed by atoms with Crippen molar-refractivity contribution in [1.82, 2.24) is 10.2 Å². The SMILES string of the molecule is CCC(C)C(NC(=O)OC(C)(C)C)C(=O)N(CC#N)C(C(=O)Nc1ccc(OC)cc1)c1ccc(O)c(C)c1. The Labute approximate surface area is 229 Å². The van der Waals surface area contributed by atoms with E-state index in [1.54, 1.807) is 65.0 Å². The molecule has 0 heterocycles. The van der Waals surface area contributed by atoms with Gasteiger partial charge in [-0.2, -0.15) is 5.26 Å². The Balaban J connectivity index is 2.55.